The number of hydrogen-bond acceptors (Lipinski definition) is 1. The Morgan fingerprint density at radius 1 is 1.33 bits per heavy atom. The number of ether oxygens (including phenoxy) is 1. The normalized spacial score (nSPS) is 15.2. The number of benzene rings is 1. The molecule has 2 rings (SSSR count). The molecule has 0 saturated heterocycles. The predicted octanol–water partition coefficient (Wildman–Crippen LogP) is 3.66. The van der Waals surface area contributed by atoms with Crippen molar-refractivity contribution in [1.29, 1.82) is 0 Å². The maximum Gasteiger partial charge on any atom is 0.122 e. The Hall–Kier alpha value is -1.24. The highest BCUT2D eigenvalue weighted by Crippen LogP contribution is 2.26. The fourth-order valence-electron chi connectivity index (χ4n) is 2.22. The Labute approximate surface area is 91.8 Å². The first-order valence-corrected chi connectivity index (χ1v) is 5.61. The number of allylic oxidation sites excluding steroid dienone is 2. The summed E-state index contributed by atoms with van der Waals surface area (Å²) in [5.74, 6) is 1.01. The second kappa shape index (κ2) is 4.52. The van der Waals surface area contributed by atoms with Gasteiger partial charge in [0.25, 0.3) is 0 Å². The maximum atomic E-state index is 5.33. The highest BCUT2D eigenvalue weighted by Gasteiger charge is 2.09. The van der Waals surface area contributed by atoms with E-state index < -0.39 is 0 Å². The summed E-state index contributed by atoms with van der Waals surface area (Å²) < 4.78 is 5.33. The van der Waals surface area contributed by atoms with Gasteiger partial charge in [0.05, 0.1) is 7.11 Å². The van der Waals surface area contributed by atoms with Crippen molar-refractivity contribution in [2.75, 3.05) is 7.11 Å². The van der Waals surface area contributed by atoms with Gasteiger partial charge in [-0.05, 0) is 49.8 Å². The minimum absolute atomic E-state index is 1.01. The van der Waals surface area contributed by atoms with Crippen LogP contribution in [-0.2, 0) is 6.42 Å². The first-order valence-electron chi connectivity index (χ1n) is 5.61. The number of methoxy groups -OCH3 is 1. The second-order valence-corrected chi connectivity index (χ2v) is 4.18. The van der Waals surface area contributed by atoms with Gasteiger partial charge >= 0.3 is 0 Å². The van der Waals surface area contributed by atoms with E-state index in [9.17, 15) is 0 Å². The lowest BCUT2D eigenvalue weighted by Gasteiger charge is -2.10. The fourth-order valence-corrected chi connectivity index (χ4v) is 2.22. The third-order valence-corrected chi connectivity index (χ3v) is 3.17. The summed E-state index contributed by atoms with van der Waals surface area (Å²) in [6.07, 6.45) is 7.36. The summed E-state index contributed by atoms with van der Waals surface area (Å²) in [6, 6.07) is 6.32. The summed E-state index contributed by atoms with van der Waals surface area (Å²) >= 11 is 0. The van der Waals surface area contributed by atoms with E-state index in [0.29, 0.717) is 0 Å². The van der Waals surface area contributed by atoms with Crippen molar-refractivity contribution in [3.63, 3.8) is 0 Å². The fraction of sp³-hybridized carbons (Fsp3) is 0.429. The molecule has 1 aromatic rings. The first kappa shape index (κ1) is 10.3. The Morgan fingerprint density at radius 3 is 2.87 bits per heavy atom. The van der Waals surface area contributed by atoms with Gasteiger partial charge in [0.1, 0.15) is 5.75 Å². The van der Waals surface area contributed by atoms with E-state index in [4.69, 9.17) is 4.74 Å². The minimum atomic E-state index is 1.01. The topological polar surface area (TPSA) is 9.23 Å². The number of hydrogen-bond donors (Lipinski definition) is 0. The van der Waals surface area contributed by atoms with Crippen LogP contribution in [-0.4, -0.2) is 7.11 Å². The molecule has 0 heterocycles. The lowest BCUT2D eigenvalue weighted by molar-refractivity contribution is 0.411. The van der Waals surface area contributed by atoms with E-state index >= 15 is 0 Å². The molecule has 0 saturated carbocycles. The molecule has 0 radical (unpaired) electrons. The Kier molecular flexibility index (Phi) is 3.10. The Morgan fingerprint density at radius 2 is 2.20 bits per heavy atom. The van der Waals surface area contributed by atoms with E-state index in [1.807, 2.05) is 6.07 Å². The molecule has 0 spiro atoms. The first-order chi connectivity index (χ1) is 7.31. The minimum Gasteiger partial charge on any atom is -0.496 e. The van der Waals surface area contributed by atoms with Gasteiger partial charge in [0.15, 0.2) is 0 Å². The summed E-state index contributed by atoms with van der Waals surface area (Å²) in [4.78, 5) is 0. The summed E-state index contributed by atoms with van der Waals surface area (Å²) in [5.41, 5.74) is 4.28. The zero-order valence-corrected chi connectivity index (χ0v) is 9.55. The van der Waals surface area contributed by atoms with E-state index in [2.05, 4.69) is 25.1 Å². The maximum absolute atomic E-state index is 5.33. The molecule has 0 atom stereocenters. The molecule has 0 bridgehead atoms. The van der Waals surface area contributed by atoms with E-state index in [-0.39, 0.29) is 0 Å². The van der Waals surface area contributed by atoms with Crippen molar-refractivity contribution in [2.24, 2.45) is 0 Å². The molecule has 1 aliphatic rings. The van der Waals surface area contributed by atoms with Crippen LogP contribution in [0.2, 0.25) is 0 Å². The zero-order valence-electron chi connectivity index (χ0n) is 9.55. The van der Waals surface area contributed by atoms with Gasteiger partial charge < -0.3 is 4.74 Å². The van der Waals surface area contributed by atoms with Crippen LogP contribution in [0.15, 0.2) is 29.8 Å². The molecule has 1 aliphatic carbocycles. The molecule has 1 aromatic carbocycles. The van der Waals surface area contributed by atoms with Crippen LogP contribution in [0, 0.1) is 6.92 Å². The Bertz CT molecular complexity index is 377. The highest BCUT2D eigenvalue weighted by molar-refractivity contribution is 5.41. The van der Waals surface area contributed by atoms with Crippen LogP contribution in [0.4, 0.5) is 0 Å². The SMILES string of the molecule is COc1cccc(CC2=CCCC2)c1C. The van der Waals surface area contributed by atoms with Crippen LogP contribution in [0.3, 0.4) is 0 Å². The molecule has 0 N–H and O–H groups in total. The molecule has 0 aromatic heterocycles. The lowest BCUT2D eigenvalue weighted by atomic mass is 10.00. The largest absolute Gasteiger partial charge is 0.496 e. The number of rotatable bonds is 3. The monoisotopic (exact) mass is 202 g/mol. The van der Waals surface area contributed by atoms with Gasteiger partial charge in [-0.15, -0.1) is 0 Å². The third-order valence-electron chi connectivity index (χ3n) is 3.17. The van der Waals surface area contributed by atoms with Crippen molar-refractivity contribution in [2.45, 2.75) is 32.6 Å². The van der Waals surface area contributed by atoms with Crippen molar-refractivity contribution in [1.82, 2.24) is 0 Å². The third kappa shape index (κ3) is 2.23. The van der Waals surface area contributed by atoms with Gasteiger partial charge in [0, 0.05) is 0 Å². The van der Waals surface area contributed by atoms with E-state index in [1.54, 1.807) is 12.7 Å². The average molecular weight is 202 g/mol. The molecular formula is C14H18O. The molecule has 0 unspecified atom stereocenters. The van der Waals surface area contributed by atoms with Gasteiger partial charge in [-0.2, -0.15) is 0 Å². The van der Waals surface area contributed by atoms with Crippen LogP contribution in [0.1, 0.15) is 30.4 Å². The molecule has 0 amide bonds. The molecule has 80 valence electrons. The van der Waals surface area contributed by atoms with Crippen molar-refractivity contribution >= 4 is 0 Å². The standard InChI is InChI=1S/C14H18O/c1-11-13(8-5-9-14(11)15-2)10-12-6-3-4-7-12/h5-6,8-9H,3-4,7,10H2,1-2H3. The van der Waals surface area contributed by atoms with Gasteiger partial charge in [-0.3, -0.25) is 0 Å². The van der Waals surface area contributed by atoms with Gasteiger partial charge in [-0.1, -0.05) is 23.8 Å². The van der Waals surface area contributed by atoms with Crippen LogP contribution < -0.4 is 4.74 Å². The van der Waals surface area contributed by atoms with Crippen LogP contribution >= 0.6 is 0 Å². The summed E-state index contributed by atoms with van der Waals surface area (Å²) in [7, 11) is 1.74. The van der Waals surface area contributed by atoms with Gasteiger partial charge in [0.2, 0.25) is 0 Å². The Balaban J connectivity index is 2.20. The van der Waals surface area contributed by atoms with Crippen LogP contribution in [0.25, 0.3) is 0 Å². The molecule has 1 heteroatoms. The zero-order chi connectivity index (χ0) is 10.7. The summed E-state index contributed by atoms with van der Waals surface area (Å²) in [5, 5.41) is 0. The van der Waals surface area contributed by atoms with E-state index in [1.165, 1.54) is 30.4 Å². The quantitative estimate of drug-likeness (QED) is 0.680. The highest BCUT2D eigenvalue weighted by atomic mass is 16.5. The van der Waals surface area contributed by atoms with Crippen molar-refractivity contribution < 1.29 is 4.74 Å². The smallest absolute Gasteiger partial charge is 0.122 e. The summed E-state index contributed by atoms with van der Waals surface area (Å²) in [6.45, 7) is 2.14. The van der Waals surface area contributed by atoms with Gasteiger partial charge in [-0.25, -0.2) is 0 Å². The van der Waals surface area contributed by atoms with Crippen molar-refractivity contribution in [3.05, 3.63) is 41.0 Å². The molecule has 15 heavy (non-hydrogen) atoms. The molecule has 0 fully saturated rings. The average Bonchev–Trinajstić information content (AvgIpc) is 2.74. The molecular weight excluding hydrogens is 184 g/mol. The molecule has 0 aliphatic heterocycles. The molecule has 1 nitrogen and oxygen atoms in total. The van der Waals surface area contributed by atoms with E-state index in [0.717, 1.165) is 12.2 Å². The second-order valence-electron chi connectivity index (χ2n) is 4.18. The predicted molar refractivity (Wildman–Crippen MR) is 63.4 cm³/mol. The lowest BCUT2D eigenvalue weighted by Crippen LogP contribution is -1.95. The van der Waals surface area contributed by atoms with Crippen molar-refractivity contribution in [3.8, 4) is 5.75 Å². The van der Waals surface area contributed by atoms with Crippen LogP contribution in [0.5, 0.6) is 5.75 Å².